The number of hydrogen-bond donors (Lipinski definition) is 1. The molecule has 0 bridgehead atoms. The molecule has 1 saturated heterocycles. The lowest BCUT2D eigenvalue weighted by Crippen LogP contribution is -2.52. The van der Waals surface area contributed by atoms with Crippen molar-refractivity contribution >= 4 is 6.03 Å². The third-order valence-corrected chi connectivity index (χ3v) is 5.08. The quantitative estimate of drug-likeness (QED) is 0.861. The molecule has 1 aliphatic rings. The van der Waals surface area contributed by atoms with Crippen LogP contribution in [0.4, 0.5) is 4.79 Å². The Labute approximate surface area is 156 Å². The van der Waals surface area contributed by atoms with Gasteiger partial charge in [0, 0.05) is 26.2 Å². The minimum absolute atomic E-state index is 0.0348. The van der Waals surface area contributed by atoms with Crippen LogP contribution in [0.25, 0.3) is 0 Å². The van der Waals surface area contributed by atoms with E-state index in [1.165, 1.54) is 12.0 Å². The maximum Gasteiger partial charge on any atom is 0.317 e. The number of carbonyl (C=O) groups is 1. The minimum atomic E-state index is 0.0348. The first kappa shape index (κ1) is 18.5. The Hall–Kier alpha value is -2.33. The molecule has 1 N–H and O–H groups in total. The first-order valence-corrected chi connectivity index (χ1v) is 9.59. The van der Waals surface area contributed by atoms with Crippen molar-refractivity contribution in [2.24, 2.45) is 0 Å². The molecule has 138 valence electrons. The molecule has 1 aliphatic heterocycles. The largest absolute Gasteiger partial charge is 0.331 e. The Morgan fingerprint density at radius 1 is 0.962 bits per heavy atom. The second-order valence-corrected chi connectivity index (χ2v) is 7.00. The van der Waals surface area contributed by atoms with Gasteiger partial charge in [-0.1, -0.05) is 60.7 Å². The number of carbonyl (C=O) groups excluding carboxylic acids is 1. The molecule has 4 heteroatoms. The van der Waals surface area contributed by atoms with E-state index in [4.69, 9.17) is 0 Å². The fourth-order valence-electron chi connectivity index (χ4n) is 3.43. The van der Waals surface area contributed by atoms with Crippen LogP contribution in [-0.2, 0) is 6.42 Å². The summed E-state index contributed by atoms with van der Waals surface area (Å²) in [5.41, 5.74) is 2.54. The second-order valence-electron chi connectivity index (χ2n) is 7.00. The summed E-state index contributed by atoms with van der Waals surface area (Å²) in [7, 11) is 0. The molecule has 1 fully saturated rings. The van der Waals surface area contributed by atoms with Crippen LogP contribution in [-0.4, -0.2) is 48.6 Å². The molecule has 0 spiro atoms. The first-order chi connectivity index (χ1) is 12.7. The standard InChI is InChI=1S/C22H29N3O/c1-19(21-12-6-3-7-13-21)23-22(26)25-17-15-24(16-18-25)14-8-11-20-9-4-2-5-10-20/h2-7,9-10,12-13,19H,8,11,14-18H2,1H3,(H,23,26). The van der Waals surface area contributed by atoms with Crippen molar-refractivity contribution < 1.29 is 4.79 Å². The van der Waals surface area contributed by atoms with Crippen LogP contribution in [0.2, 0.25) is 0 Å². The van der Waals surface area contributed by atoms with Crippen molar-refractivity contribution in [3.05, 3.63) is 71.8 Å². The summed E-state index contributed by atoms with van der Waals surface area (Å²) in [6, 6.07) is 20.8. The van der Waals surface area contributed by atoms with Gasteiger partial charge in [-0.25, -0.2) is 4.79 Å². The lowest BCUT2D eigenvalue weighted by atomic mass is 10.1. The summed E-state index contributed by atoms with van der Waals surface area (Å²) in [4.78, 5) is 16.9. The molecule has 4 nitrogen and oxygen atoms in total. The Bertz CT molecular complexity index is 666. The number of amides is 2. The molecule has 26 heavy (non-hydrogen) atoms. The van der Waals surface area contributed by atoms with Gasteiger partial charge in [0.05, 0.1) is 6.04 Å². The number of nitrogens with one attached hydrogen (secondary N) is 1. The number of aryl methyl sites for hydroxylation is 1. The lowest BCUT2D eigenvalue weighted by Gasteiger charge is -2.35. The zero-order valence-corrected chi connectivity index (χ0v) is 15.6. The minimum Gasteiger partial charge on any atom is -0.331 e. The summed E-state index contributed by atoms with van der Waals surface area (Å²) in [5, 5.41) is 3.11. The van der Waals surface area contributed by atoms with Gasteiger partial charge in [-0.05, 0) is 37.4 Å². The van der Waals surface area contributed by atoms with E-state index < -0.39 is 0 Å². The van der Waals surface area contributed by atoms with Crippen LogP contribution < -0.4 is 5.32 Å². The van der Waals surface area contributed by atoms with Crippen molar-refractivity contribution in [2.45, 2.75) is 25.8 Å². The van der Waals surface area contributed by atoms with Gasteiger partial charge in [0.2, 0.25) is 0 Å². The van der Waals surface area contributed by atoms with Gasteiger partial charge < -0.3 is 10.2 Å². The second kappa shape index (κ2) is 9.39. The fourth-order valence-corrected chi connectivity index (χ4v) is 3.43. The van der Waals surface area contributed by atoms with Crippen molar-refractivity contribution in [2.75, 3.05) is 32.7 Å². The number of piperazine rings is 1. The number of nitrogens with zero attached hydrogens (tertiary/aromatic N) is 2. The molecule has 0 radical (unpaired) electrons. The van der Waals surface area contributed by atoms with E-state index in [1.807, 2.05) is 30.0 Å². The highest BCUT2D eigenvalue weighted by Gasteiger charge is 2.22. The highest BCUT2D eigenvalue weighted by Crippen LogP contribution is 2.12. The molecule has 0 aliphatic carbocycles. The highest BCUT2D eigenvalue weighted by atomic mass is 16.2. The molecule has 1 unspecified atom stereocenters. The molecule has 0 aromatic heterocycles. The number of hydrogen-bond acceptors (Lipinski definition) is 2. The summed E-state index contributed by atoms with van der Waals surface area (Å²) in [5.74, 6) is 0. The summed E-state index contributed by atoms with van der Waals surface area (Å²) in [6.45, 7) is 6.67. The zero-order chi connectivity index (χ0) is 18.2. The summed E-state index contributed by atoms with van der Waals surface area (Å²) >= 11 is 0. The molecule has 2 aromatic rings. The van der Waals surface area contributed by atoms with E-state index in [-0.39, 0.29) is 12.1 Å². The maximum absolute atomic E-state index is 12.5. The zero-order valence-electron chi connectivity index (χ0n) is 15.6. The van der Waals surface area contributed by atoms with E-state index in [0.717, 1.165) is 44.7 Å². The average molecular weight is 351 g/mol. The third kappa shape index (κ3) is 5.33. The average Bonchev–Trinajstić information content (AvgIpc) is 2.70. The van der Waals surface area contributed by atoms with Gasteiger partial charge in [-0.15, -0.1) is 0 Å². The van der Waals surface area contributed by atoms with Crippen LogP contribution in [0.15, 0.2) is 60.7 Å². The van der Waals surface area contributed by atoms with Crippen molar-refractivity contribution in [3.8, 4) is 0 Å². The van der Waals surface area contributed by atoms with Crippen LogP contribution in [0.1, 0.15) is 30.5 Å². The van der Waals surface area contributed by atoms with Gasteiger partial charge in [0.15, 0.2) is 0 Å². The molecule has 1 heterocycles. The molecule has 1 atom stereocenters. The molecule has 0 saturated carbocycles. The van der Waals surface area contributed by atoms with Gasteiger partial charge in [0.1, 0.15) is 0 Å². The monoisotopic (exact) mass is 351 g/mol. The number of benzene rings is 2. The van der Waals surface area contributed by atoms with E-state index >= 15 is 0 Å². The van der Waals surface area contributed by atoms with Crippen LogP contribution >= 0.6 is 0 Å². The molecule has 3 rings (SSSR count). The van der Waals surface area contributed by atoms with E-state index in [0.29, 0.717) is 0 Å². The Morgan fingerprint density at radius 2 is 1.58 bits per heavy atom. The van der Waals surface area contributed by atoms with Crippen LogP contribution in [0.5, 0.6) is 0 Å². The van der Waals surface area contributed by atoms with E-state index in [1.54, 1.807) is 0 Å². The van der Waals surface area contributed by atoms with Crippen LogP contribution in [0.3, 0.4) is 0 Å². The van der Waals surface area contributed by atoms with Gasteiger partial charge in [-0.2, -0.15) is 0 Å². The highest BCUT2D eigenvalue weighted by molar-refractivity contribution is 5.74. The predicted molar refractivity (Wildman–Crippen MR) is 106 cm³/mol. The first-order valence-electron chi connectivity index (χ1n) is 9.59. The third-order valence-electron chi connectivity index (χ3n) is 5.08. The van der Waals surface area contributed by atoms with Gasteiger partial charge in [0.25, 0.3) is 0 Å². The summed E-state index contributed by atoms with van der Waals surface area (Å²) in [6.07, 6.45) is 2.29. The number of rotatable bonds is 6. The van der Waals surface area contributed by atoms with Crippen LogP contribution in [0, 0.1) is 0 Å². The SMILES string of the molecule is CC(NC(=O)N1CCN(CCCc2ccccc2)CC1)c1ccccc1. The van der Waals surface area contributed by atoms with E-state index in [9.17, 15) is 4.79 Å². The maximum atomic E-state index is 12.5. The molecular formula is C22H29N3O. The summed E-state index contributed by atoms with van der Waals surface area (Å²) < 4.78 is 0. The normalized spacial score (nSPS) is 16.3. The lowest BCUT2D eigenvalue weighted by molar-refractivity contribution is 0.137. The van der Waals surface area contributed by atoms with E-state index in [2.05, 4.69) is 52.7 Å². The Kier molecular flexibility index (Phi) is 6.67. The Morgan fingerprint density at radius 3 is 2.23 bits per heavy atom. The molecule has 2 aromatic carbocycles. The van der Waals surface area contributed by atoms with Crippen molar-refractivity contribution in [1.29, 1.82) is 0 Å². The topological polar surface area (TPSA) is 35.6 Å². The molecular weight excluding hydrogens is 322 g/mol. The van der Waals surface area contributed by atoms with Gasteiger partial charge >= 0.3 is 6.03 Å². The van der Waals surface area contributed by atoms with Gasteiger partial charge in [-0.3, -0.25) is 4.90 Å². The predicted octanol–water partition coefficient (Wildman–Crippen LogP) is 3.71. The number of urea groups is 1. The Balaban J connectivity index is 1.37. The van der Waals surface area contributed by atoms with Crippen molar-refractivity contribution in [1.82, 2.24) is 15.1 Å². The fraction of sp³-hybridized carbons (Fsp3) is 0.409. The smallest absolute Gasteiger partial charge is 0.317 e. The van der Waals surface area contributed by atoms with Crippen molar-refractivity contribution in [3.63, 3.8) is 0 Å². The molecule has 2 amide bonds.